The van der Waals surface area contributed by atoms with E-state index in [2.05, 4.69) is 36.4 Å². The lowest BCUT2D eigenvalue weighted by molar-refractivity contribution is -0.0621. The lowest BCUT2D eigenvalue weighted by Crippen LogP contribution is -2.09. The van der Waals surface area contributed by atoms with Crippen LogP contribution in [0.3, 0.4) is 0 Å². The summed E-state index contributed by atoms with van der Waals surface area (Å²) >= 11 is 0. The number of hydrogen-bond donors (Lipinski definition) is 0. The van der Waals surface area contributed by atoms with Crippen LogP contribution in [-0.4, -0.2) is 12.9 Å². The second-order valence-corrected chi connectivity index (χ2v) is 4.82. The number of benzene rings is 2. The highest BCUT2D eigenvalue weighted by molar-refractivity contribution is 5.18. The Kier molecular flexibility index (Phi) is 3.92. The van der Waals surface area contributed by atoms with Gasteiger partial charge in [0.05, 0.1) is 6.61 Å². The number of rotatable bonds is 4. The van der Waals surface area contributed by atoms with Crippen molar-refractivity contribution in [1.29, 1.82) is 0 Å². The van der Waals surface area contributed by atoms with E-state index in [4.69, 9.17) is 9.47 Å². The molecule has 98 valence electrons. The van der Waals surface area contributed by atoms with Gasteiger partial charge >= 0.3 is 0 Å². The molecule has 2 nitrogen and oxygen atoms in total. The summed E-state index contributed by atoms with van der Waals surface area (Å²) in [5.41, 5.74) is 2.53. The van der Waals surface area contributed by atoms with Gasteiger partial charge in [-0.05, 0) is 17.5 Å². The van der Waals surface area contributed by atoms with Crippen molar-refractivity contribution in [2.45, 2.75) is 25.2 Å². The molecule has 1 saturated heterocycles. The molecule has 0 amide bonds. The summed E-state index contributed by atoms with van der Waals surface area (Å²) in [6.07, 6.45) is 1.91. The first-order valence-electron chi connectivity index (χ1n) is 6.78. The summed E-state index contributed by atoms with van der Waals surface area (Å²) in [5, 5.41) is 0. The van der Waals surface area contributed by atoms with Crippen LogP contribution in [0.5, 0.6) is 0 Å². The molecule has 0 N–H and O–H groups in total. The molecule has 3 rings (SSSR count). The molecule has 1 fully saturated rings. The average Bonchev–Trinajstić information content (AvgIpc) is 2.96. The van der Waals surface area contributed by atoms with Crippen LogP contribution in [0.1, 0.15) is 23.7 Å². The van der Waals surface area contributed by atoms with Crippen LogP contribution in [0, 0.1) is 0 Å². The Labute approximate surface area is 114 Å². The predicted molar refractivity (Wildman–Crippen MR) is 74.8 cm³/mol. The van der Waals surface area contributed by atoms with E-state index >= 15 is 0 Å². The van der Waals surface area contributed by atoms with Crippen molar-refractivity contribution in [2.24, 2.45) is 0 Å². The summed E-state index contributed by atoms with van der Waals surface area (Å²) < 4.78 is 11.7. The minimum absolute atomic E-state index is 0.0783. The fourth-order valence-electron chi connectivity index (χ4n) is 2.38. The molecule has 1 heterocycles. The summed E-state index contributed by atoms with van der Waals surface area (Å²) in [4.78, 5) is 0. The van der Waals surface area contributed by atoms with E-state index in [-0.39, 0.29) is 12.4 Å². The Balaban J connectivity index is 1.52. The van der Waals surface area contributed by atoms with E-state index < -0.39 is 0 Å². The van der Waals surface area contributed by atoms with E-state index in [0.717, 1.165) is 12.8 Å². The molecule has 0 aromatic heterocycles. The second-order valence-electron chi connectivity index (χ2n) is 4.82. The highest BCUT2D eigenvalue weighted by Crippen LogP contribution is 2.28. The van der Waals surface area contributed by atoms with Gasteiger partial charge in [-0.3, -0.25) is 0 Å². The van der Waals surface area contributed by atoms with Crippen molar-refractivity contribution in [3.05, 3.63) is 71.8 Å². The molecule has 2 heteroatoms. The molecule has 2 aromatic carbocycles. The van der Waals surface area contributed by atoms with E-state index in [1.165, 1.54) is 11.1 Å². The molecular formula is C17H18O2. The van der Waals surface area contributed by atoms with Gasteiger partial charge in [-0.25, -0.2) is 0 Å². The second kappa shape index (κ2) is 6.00. The summed E-state index contributed by atoms with van der Waals surface area (Å²) in [6, 6.07) is 20.7. The van der Waals surface area contributed by atoms with Gasteiger partial charge in [0.15, 0.2) is 6.29 Å². The lowest BCUT2D eigenvalue weighted by Gasteiger charge is -2.11. The zero-order chi connectivity index (χ0) is 12.9. The number of aryl methyl sites for hydroxylation is 1. The average molecular weight is 254 g/mol. The van der Waals surface area contributed by atoms with Gasteiger partial charge in [0.25, 0.3) is 0 Å². The van der Waals surface area contributed by atoms with E-state index in [9.17, 15) is 0 Å². The van der Waals surface area contributed by atoms with Gasteiger partial charge in [0, 0.05) is 6.42 Å². The Hall–Kier alpha value is -1.64. The smallest absolute Gasteiger partial charge is 0.158 e. The van der Waals surface area contributed by atoms with Crippen molar-refractivity contribution in [2.75, 3.05) is 6.61 Å². The Bertz CT molecular complexity index is 495. The van der Waals surface area contributed by atoms with Crippen molar-refractivity contribution in [3.63, 3.8) is 0 Å². The molecule has 0 bridgehead atoms. The zero-order valence-corrected chi connectivity index (χ0v) is 10.9. The minimum atomic E-state index is -0.0783. The normalized spacial score (nSPS) is 22.5. The van der Waals surface area contributed by atoms with Crippen molar-refractivity contribution in [1.82, 2.24) is 0 Å². The van der Waals surface area contributed by atoms with Crippen LogP contribution in [0.15, 0.2) is 60.7 Å². The molecule has 19 heavy (non-hydrogen) atoms. The Morgan fingerprint density at radius 3 is 2.32 bits per heavy atom. The van der Waals surface area contributed by atoms with Crippen molar-refractivity contribution in [3.8, 4) is 0 Å². The third-order valence-electron chi connectivity index (χ3n) is 3.43. The van der Waals surface area contributed by atoms with E-state index in [0.29, 0.717) is 6.61 Å². The van der Waals surface area contributed by atoms with Crippen molar-refractivity contribution < 1.29 is 9.47 Å². The number of hydrogen-bond acceptors (Lipinski definition) is 2. The zero-order valence-electron chi connectivity index (χ0n) is 10.9. The monoisotopic (exact) mass is 254 g/mol. The van der Waals surface area contributed by atoms with Crippen LogP contribution in [0.4, 0.5) is 0 Å². The fraction of sp³-hybridized carbons (Fsp3) is 0.294. The van der Waals surface area contributed by atoms with Crippen LogP contribution >= 0.6 is 0 Å². The molecule has 0 radical (unpaired) electrons. The van der Waals surface area contributed by atoms with Gasteiger partial charge < -0.3 is 9.47 Å². The van der Waals surface area contributed by atoms with Crippen LogP contribution in [-0.2, 0) is 15.9 Å². The maximum absolute atomic E-state index is 5.95. The van der Waals surface area contributed by atoms with E-state index in [1.54, 1.807) is 0 Å². The Morgan fingerprint density at radius 2 is 1.58 bits per heavy atom. The standard InChI is InChI=1S/C17H18O2/c1-3-7-14(8-4-1)11-12-17-18-13-16(19-17)15-9-5-2-6-10-15/h1-10,16-17H,11-13H2/t16-,17+/m0/s1. The van der Waals surface area contributed by atoms with E-state index in [1.807, 2.05) is 24.3 Å². The first kappa shape index (κ1) is 12.4. The fourth-order valence-corrected chi connectivity index (χ4v) is 2.38. The molecule has 1 aliphatic rings. The third-order valence-corrected chi connectivity index (χ3v) is 3.43. The van der Waals surface area contributed by atoms with Gasteiger partial charge in [0.1, 0.15) is 6.10 Å². The van der Waals surface area contributed by atoms with Gasteiger partial charge in [-0.2, -0.15) is 0 Å². The first-order chi connectivity index (χ1) is 9.42. The summed E-state index contributed by atoms with van der Waals surface area (Å²) in [6.45, 7) is 0.656. The van der Waals surface area contributed by atoms with Gasteiger partial charge in [-0.15, -0.1) is 0 Å². The van der Waals surface area contributed by atoms with Gasteiger partial charge in [-0.1, -0.05) is 60.7 Å². The van der Waals surface area contributed by atoms with Crippen LogP contribution in [0.2, 0.25) is 0 Å². The third kappa shape index (κ3) is 3.22. The highest BCUT2D eigenvalue weighted by Gasteiger charge is 2.26. The molecule has 1 aliphatic heterocycles. The molecular weight excluding hydrogens is 236 g/mol. The quantitative estimate of drug-likeness (QED) is 0.827. The summed E-state index contributed by atoms with van der Waals surface area (Å²) in [7, 11) is 0. The summed E-state index contributed by atoms with van der Waals surface area (Å²) in [5.74, 6) is 0. The largest absolute Gasteiger partial charge is 0.350 e. The maximum Gasteiger partial charge on any atom is 0.158 e. The molecule has 0 unspecified atom stereocenters. The van der Waals surface area contributed by atoms with Gasteiger partial charge in [0.2, 0.25) is 0 Å². The predicted octanol–water partition coefficient (Wildman–Crippen LogP) is 3.73. The van der Waals surface area contributed by atoms with Crippen LogP contribution < -0.4 is 0 Å². The first-order valence-corrected chi connectivity index (χ1v) is 6.78. The highest BCUT2D eigenvalue weighted by atomic mass is 16.7. The van der Waals surface area contributed by atoms with Crippen LogP contribution in [0.25, 0.3) is 0 Å². The minimum Gasteiger partial charge on any atom is -0.350 e. The SMILES string of the molecule is c1ccc(CC[C@@H]2OC[C@@H](c3ccccc3)O2)cc1. The molecule has 2 aromatic rings. The molecule has 2 atom stereocenters. The lowest BCUT2D eigenvalue weighted by atomic mass is 10.1. The van der Waals surface area contributed by atoms with Crippen molar-refractivity contribution >= 4 is 0 Å². The number of ether oxygens (including phenoxy) is 2. The Morgan fingerprint density at radius 1 is 0.895 bits per heavy atom. The molecule has 0 saturated carbocycles. The maximum atomic E-state index is 5.95. The molecule has 0 aliphatic carbocycles. The molecule has 0 spiro atoms. The topological polar surface area (TPSA) is 18.5 Å².